The highest BCUT2D eigenvalue weighted by molar-refractivity contribution is 5.70. The Labute approximate surface area is 509 Å². The summed E-state index contributed by atoms with van der Waals surface area (Å²) in [4.78, 5) is 24.7. The van der Waals surface area contributed by atoms with E-state index in [0.717, 1.165) is 32.1 Å². The van der Waals surface area contributed by atoms with Crippen LogP contribution in [-0.4, -0.2) is 36.4 Å². The number of aliphatic hydroxyl groups is 1. The molecule has 0 aromatic heterocycles. The molecule has 5 nitrogen and oxygen atoms in total. The fraction of sp³-hybridized carbons (Fsp3) is 0.947. The van der Waals surface area contributed by atoms with Crippen LogP contribution in [-0.2, 0) is 19.1 Å². The lowest BCUT2D eigenvalue weighted by Gasteiger charge is -2.15. The maximum atomic E-state index is 12.4. The molecular formula is C76H148O5. The molecular weight excluding hydrogens is 993 g/mol. The minimum Gasteiger partial charge on any atom is -0.462 e. The SMILES string of the molecule is CCCCCCCCCC/C=C\CCCCCCCCCCCCCCCCCCCCCCCCCC(=O)OC(CO)COC(=O)CCCCCCCCCCCCCCCCCCCCCCCCCCCCCCCCCC. The van der Waals surface area contributed by atoms with Gasteiger partial charge in [0.1, 0.15) is 6.61 Å². The summed E-state index contributed by atoms with van der Waals surface area (Å²) >= 11 is 0. The third-order valence-corrected chi connectivity index (χ3v) is 17.8. The van der Waals surface area contributed by atoms with Crippen molar-refractivity contribution in [2.24, 2.45) is 0 Å². The molecule has 0 aliphatic heterocycles. The van der Waals surface area contributed by atoms with Crippen LogP contribution in [0.5, 0.6) is 0 Å². The summed E-state index contributed by atoms with van der Waals surface area (Å²) in [5.74, 6) is -0.559. The van der Waals surface area contributed by atoms with Gasteiger partial charge in [-0.05, 0) is 38.5 Å². The monoisotopic (exact) mass is 1140 g/mol. The Bertz CT molecular complexity index is 1200. The lowest BCUT2D eigenvalue weighted by atomic mass is 10.0. The van der Waals surface area contributed by atoms with Crippen LogP contribution in [0.15, 0.2) is 12.2 Å². The number of ether oxygens (including phenoxy) is 2. The van der Waals surface area contributed by atoms with E-state index in [9.17, 15) is 14.7 Å². The molecule has 81 heavy (non-hydrogen) atoms. The van der Waals surface area contributed by atoms with Gasteiger partial charge in [-0.2, -0.15) is 0 Å². The van der Waals surface area contributed by atoms with Gasteiger partial charge in [-0.25, -0.2) is 0 Å². The van der Waals surface area contributed by atoms with Gasteiger partial charge >= 0.3 is 11.9 Å². The largest absolute Gasteiger partial charge is 0.462 e. The van der Waals surface area contributed by atoms with Crippen LogP contribution >= 0.6 is 0 Å². The van der Waals surface area contributed by atoms with Crippen LogP contribution in [0, 0.1) is 0 Å². The average Bonchev–Trinajstić information content (AvgIpc) is 3.47. The van der Waals surface area contributed by atoms with E-state index in [1.807, 2.05) is 0 Å². The second-order valence-corrected chi connectivity index (χ2v) is 26.1. The molecule has 0 spiro atoms. The van der Waals surface area contributed by atoms with Crippen molar-refractivity contribution >= 4 is 11.9 Å². The number of hydrogen-bond acceptors (Lipinski definition) is 5. The molecule has 0 aliphatic rings. The quantitative estimate of drug-likeness (QED) is 0.0373. The van der Waals surface area contributed by atoms with Crippen molar-refractivity contribution in [2.75, 3.05) is 13.2 Å². The maximum absolute atomic E-state index is 12.4. The van der Waals surface area contributed by atoms with E-state index in [-0.39, 0.29) is 25.2 Å². The highest BCUT2D eigenvalue weighted by Crippen LogP contribution is 2.20. The van der Waals surface area contributed by atoms with Crippen LogP contribution in [0.25, 0.3) is 0 Å². The second-order valence-electron chi connectivity index (χ2n) is 26.1. The van der Waals surface area contributed by atoms with Gasteiger partial charge < -0.3 is 14.6 Å². The number of allylic oxidation sites excluding steroid dienone is 2. The van der Waals surface area contributed by atoms with Gasteiger partial charge in [0, 0.05) is 12.8 Å². The van der Waals surface area contributed by atoms with Crippen molar-refractivity contribution in [2.45, 2.75) is 450 Å². The summed E-state index contributed by atoms with van der Waals surface area (Å²) in [5, 5.41) is 9.71. The molecule has 0 saturated carbocycles. The van der Waals surface area contributed by atoms with Gasteiger partial charge in [0.05, 0.1) is 6.61 Å². The molecule has 0 bridgehead atoms. The van der Waals surface area contributed by atoms with E-state index in [1.54, 1.807) is 0 Å². The molecule has 5 heteroatoms. The number of aliphatic hydroxyl groups excluding tert-OH is 1. The highest BCUT2D eigenvalue weighted by atomic mass is 16.6. The van der Waals surface area contributed by atoms with Crippen LogP contribution < -0.4 is 0 Å². The van der Waals surface area contributed by atoms with Crippen LogP contribution in [0.3, 0.4) is 0 Å². The number of carbonyl (C=O) groups excluding carboxylic acids is 2. The Balaban J connectivity index is 3.35. The zero-order valence-corrected chi connectivity index (χ0v) is 55.6. The van der Waals surface area contributed by atoms with E-state index in [4.69, 9.17) is 9.47 Å². The van der Waals surface area contributed by atoms with Crippen molar-refractivity contribution < 1.29 is 24.2 Å². The molecule has 0 amide bonds. The predicted octanol–water partition coefficient (Wildman–Crippen LogP) is 26.2. The van der Waals surface area contributed by atoms with Gasteiger partial charge in [0.25, 0.3) is 0 Å². The maximum Gasteiger partial charge on any atom is 0.306 e. The molecule has 0 aromatic carbocycles. The summed E-state index contributed by atoms with van der Waals surface area (Å²) in [6.45, 7) is 4.22. The normalized spacial score (nSPS) is 12.1. The first-order valence-corrected chi connectivity index (χ1v) is 37.7. The van der Waals surface area contributed by atoms with Crippen molar-refractivity contribution in [1.82, 2.24) is 0 Å². The molecule has 0 aromatic rings. The van der Waals surface area contributed by atoms with Crippen LogP contribution in [0.4, 0.5) is 0 Å². The van der Waals surface area contributed by atoms with E-state index in [0.29, 0.717) is 12.8 Å². The summed E-state index contributed by atoms with van der Waals surface area (Å²) < 4.78 is 10.8. The van der Waals surface area contributed by atoms with E-state index < -0.39 is 6.10 Å². The zero-order valence-electron chi connectivity index (χ0n) is 55.6. The van der Waals surface area contributed by atoms with Gasteiger partial charge in [0.15, 0.2) is 6.10 Å². The smallest absolute Gasteiger partial charge is 0.306 e. The minimum atomic E-state index is -0.767. The molecule has 0 fully saturated rings. The lowest BCUT2D eigenvalue weighted by Crippen LogP contribution is -2.28. The Kier molecular flexibility index (Phi) is 71.7. The van der Waals surface area contributed by atoms with E-state index in [1.165, 1.54) is 385 Å². The first kappa shape index (κ1) is 79.6. The summed E-state index contributed by atoms with van der Waals surface area (Å²) in [5.41, 5.74) is 0. The van der Waals surface area contributed by atoms with E-state index >= 15 is 0 Å². The minimum absolute atomic E-state index is 0.0562. The number of rotatable bonds is 72. The second kappa shape index (κ2) is 72.9. The van der Waals surface area contributed by atoms with Crippen molar-refractivity contribution in [3.63, 3.8) is 0 Å². The summed E-state index contributed by atoms with van der Waals surface area (Å²) in [6, 6.07) is 0. The van der Waals surface area contributed by atoms with Crippen molar-refractivity contribution in [3.05, 3.63) is 12.2 Å². The number of esters is 2. The third-order valence-electron chi connectivity index (χ3n) is 17.8. The molecule has 1 atom stereocenters. The first-order valence-electron chi connectivity index (χ1n) is 37.7. The topological polar surface area (TPSA) is 72.8 Å². The zero-order chi connectivity index (χ0) is 58.4. The molecule has 0 radical (unpaired) electrons. The average molecular weight is 1140 g/mol. The third kappa shape index (κ3) is 71.0. The fourth-order valence-corrected chi connectivity index (χ4v) is 12.1. The standard InChI is InChI=1S/C76H148O5/c1-3-5-7-9-11-13-15-17-19-21-23-25-27-29-31-33-35-37-38-39-41-43-45-47-49-51-53-55-57-59-61-63-65-67-69-71-76(79)81-74(72-77)73-80-75(78)70-68-66-64-62-60-58-56-54-52-50-48-46-44-42-40-36-34-32-30-28-26-24-22-20-18-16-14-12-10-8-6-4-2/h21,23,74,77H,3-20,22,24-73H2,1-2H3/b23-21-. The summed E-state index contributed by atoms with van der Waals surface area (Å²) in [6.07, 6.45) is 94.3. The molecule has 0 aliphatic carbocycles. The number of unbranched alkanes of at least 4 members (excludes halogenated alkanes) is 62. The number of carbonyl (C=O) groups is 2. The van der Waals surface area contributed by atoms with Gasteiger partial charge in [-0.3, -0.25) is 9.59 Å². The van der Waals surface area contributed by atoms with Crippen LogP contribution in [0.2, 0.25) is 0 Å². The summed E-state index contributed by atoms with van der Waals surface area (Å²) in [7, 11) is 0. The molecule has 0 heterocycles. The van der Waals surface area contributed by atoms with Crippen molar-refractivity contribution in [3.8, 4) is 0 Å². The fourth-order valence-electron chi connectivity index (χ4n) is 12.1. The first-order chi connectivity index (χ1) is 40.1. The van der Waals surface area contributed by atoms with E-state index in [2.05, 4.69) is 26.0 Å². The molecule has 1 N–H and O–H groups in total. The Hall–Kier alpha value is -1.36. The highest BCUT2D eigenvalue weighted by Gasteiger charge is 2.16. The predicted molar refractivity (Wildman–Crippen MR) is 358 cm³/mol. The molecule has 482 valence electrons. The lowest BCUT2D eigenvalue weighted by molar-refractivity contribution is -0.161. The Morgan fingerprint density at radius 2 is 0.457 bits per heavy atom. The van der Waals surface area contributed by atoms with Gasteiger partial charge in [-0.15, -0.1) is 0 Å². The van der Waals surface area contributed by atoms with Gasteiger partial charge in [-0.1, -0.05) is 405 Å². The van der Waals surface area contributed by atoms with Gasteiger partial charge in [0.2, 0.25) is 0 Å². The van der Waals surface area contributed by atoms with Crippen LogP contribution in [0.1, 0.15) is 444 Å². The molecule has 0 saturated heterocycles. The molecule has 0 rings (SSSR count). The Morgan fingerprint density at radius 3 is 0.667 bits per heavy atom. The number of hydrogen-bond donors (Lipinski definition) is 1. The Morgan fingerprint density at radius 1 is 0.272 bits per heavy atom. The van der Waals surface area contributed by atoms with Crippen molar-refractivity contribution in [1.29, 1.82) is 0 Å². The molecule has 1 unspecified atom stereocenters.